The van der Waals surface area contributed by atoms with Crippen LogP contribution in [0.4, 0.5) is 13.2 Å². The van der Waals surface area contributed by atoms with Gasteiger partial charge in [-0.2, -0.15) is 13.2 Å². The van der Waals surface area contributed by atoms with Crippen molar-refractivity contribution in [3.63, 3.8) is 0 Å². The molecule has 0 bridgehead atoms. The number of amides is 1. The molecule has 1 amide bonds. The minimum Gasteiger partial charge on any atom is -0.480 e. The molecule has 0 radical (unpaired) electrons. The lowest BCUT2D eigenvalue weighted by atomic mass is 10.0. The van der Waals surface area contributed by atoms with Crippen molar-refractivity contribution in [2.24, 2.45) is 5.92 Å². The van der Waals surface area contributed by atoms with Crippen molar-refractivity contribution < 1.29 is 27.9 Å². The normalized spacial score (nSPS) is 22.0. The zero-order chi connectivity index (χ0) is 16.7. The first-order valence-corrected chi connectivity index (χ1v) is 6.80. The van der Waals surface area contributed by atoms with E-state index < -0.39 is 41.5 Å². The van der Waals surface area contributed by atoms with Crippen LogP contribution in [0, 0.1) is 5.92 Å². The van der Waals surface area contributed by atoms with Crippen LogP contribution in [0.1, 0.15) is 30.4 Å². The fourth-order valence-electron chi connectivity index (χ4n) is 2.51. The molecule has 3 atom stereocenters. The summed E-state index contributed by atoms with van der Waals surface area (Å²) < 4.78 is 39.0. The summed E-state index contributed by atoms with van der Waals surface area (Å²) in [6, 6.07) is 4.19. The van der Waals surface area contributed by atoms with E-state index in [4.69, 9.17) is 5.11 Å². The number of likely N-dealkylation sites (N-methyl/N-ethyl adjacent to an activating group) is 1. The molecule has 1 aromatic rings. The van der Waals surface area contributed by atoms with Crippen molar-refractivity contribution in [1.29, 1.82) is 0 Å². The van der Waals surface area contributed by atoms with Gasteiger partial charge in [0.2, 0.25) is 5.91 Å². The number of halogens is 3. The Morgan fingerprint density at radius 3 is 2.45 bits per heavy atom. The van der Waals surface area contributed by atoms with Gasteiger partial charge in [0.05, 0.1) is 5.56 Å². The molecular formula is C15H16F3NO3. The van der Waals surface area contributed by atoms with E-state index >= 15 is 0 Å². The molecule has 1 fully saturated rings. The van der Waals surface area contributed by atoms with Gasteiger partial charge in [0.1, 0.15) is 6.04 Å². The van der Waals surface area contributed by atoms with Gasteiger partial charge in [0.15, 0.2) is 0 Å². The predicted molar refractivity (Wildman–Crippen MR) is 72.2 cm³/mol. The van der Waals surface area contributed by atoms with Crippen LogP contribution in [0.5, 0.6) is 0 Å². The number of aliphatic carboxylic acids is 1. The smallest absolute Gasteiger partial charge is 0.416 e. The molecule has 1 aliphatic rings. The number of benzene rings is 1. The molecule has 7 heteroatoms. The van der Waals surface area contributed by atoms with Gasteiger partial charge in [-0.25, -0.2) is 4.79 Å². The highest BCUT2D eigenvalue weighted by molar-refractivity contribution is 5.87. The van der Waals surface area contributed by atoms with Crippen LogP contribution in [0.25, 0.3) is 0 Å². The monoisotopic (exact) mass is 315 g/mol. The molecule has 0 aromatic heterocycles. The molecule has 1 aliphatic carbocycles. The van der Waals surface area contributed by atoms with Crippen LogP contribution < -0.4 is 0 Å². The van der Waals surface area contributed by atoms with Crippen LogP contribution >= 0.6 is 0 Å². The molecule has 22 heavy (non-hydrogen) atoms. The predicted octanol–water partition coefficient (Wildman–Crippen LogP) is 2.74. The fourth-order valence-corrected chi connectivity index (χ4v) is 2.51. The molecular weight excluding hydrogens is 299 g/mol. The van der Waals surface area contributed by atoms with Crippen LogP contribution in [0.3, 0.4) is 0 Å². The number of nitrogens with zero attached hydrogens (tertiary/aromatic N) is 1. The van der Waals surface area contributed by atoms with E-state index in [9.17, 15) is 22.8 Å². The van der Waals surface area contributed by atoms with Gasteiger partial charge in [0, 0.05) is 13.0 Å². The highest BCUT2D eigenvalue weighted by Gasteiger charge is 2.49. The van der Waals surface area contributed by atoms with Crippen molar-refractivity contribution in [2.45, 2.75) is 31.5 Å². The summed E-state index contributed by atoms with van der Waals surface area (Å²) in [5, 5.41) is 8.89. The first-order valence-electron chi connectivity index (χ1n) is 6.80. The number of carboxylic acids is 1. The Bertz CT molecular complexity index is 600. The zero-order valence-corrected chi connectivity index (χ0v) is 12.1. The van der Waals surface area contributed by atoms with Crippen molar-refractivity contribution in [1.82, 2.24) is 4.90 Å². The molecule has 0 unspecified atom stereocenters. The van der Waals surface area contributed by atoms with Crippen LogP contribution in [0.2, 0.25) is 0 Å². The third-order valence-electron chi connectivity index (χ3n) is 4.06. The number of hydrogen-bond acceptors (Lipinski definition) is 2. The van der Waals surface area contributed by atoms with Gasteiger partial charge in [-0.3, -0.25) is 4.79 Å². The first-order chi connectivity index (χ1) is 10.1. The number of carboxylic acid groups (broad SMARTS) is 1. The zero-order valence-electron chi connectivity index (χ0n) is 12.1. The van der Waals surface area contributed by atoms with Gasteiger partial charge in [-0.15, -0.1) is 0 Å². The molecule has 4 nitrogen and oxygen atoms in total. The Hall–Kier alpha value is -2.05. The third kappa shape index (κ3) is 3.08. The van der Waals surface area contributed by atoms with Crippen LogP contribution in [0.15, 0.2) is 24.3 Å². The second-order valence-electron chi connectivity index (χ2n) is 5.50. The van der Waals surface area contributed by atoms with E-state index in [1.54, 1.807) is 0 Å². The number of carbonyl (C=O) groups excluding carboxylic acids is 1. The highest BCUT2D eigenvalue weighted by atomic mass is 19.4. The highest BCUT2D eigenvalue weighted by Crippen LogP contribution is 2.51. The summed E-state index contributed by atoms with van der Waals surface area (Å²) in [6.07, 6.45) is -4.16. The molecule has 120 valence electrons. The second kappa shape index (κ2) is 5.62. The fraction of sp³-hybridized carbons (Fsp3) is 0.467. The van der Waals surface area contributed by atoms with E-state index in [1.165, 1.54) is 32.2 Å². The van der Waals surface area contributed by atoms with Crippen molar-refractivity contribution >= 4 is 11.9 Å². The maximum Gasteiger partial charge on any atom is 0.416 e. The molecule has 0 spiro atoms. The van der Waals surface area contributed by atoms with Crippen LogP contribution in [-0.4, -0.2) is 35.0 Å². The van der Waals surface area contributed by atoms with Crippen molar-refractivity contribution in [2.75, 3.05) is 7.05 Å². The molecule has 2 rings (SSSR count). The topological polar surface area (TPSA) is 57.6 Å². The van der Waals surface area contributed by atoms with Crippen molar-refractivity contribution in [3.8, 4) is 0 Å². The quantitative estimate of drug-likeness (QED) is 0.929. The van der Waals surface area contributed by atoms with Gasteiger partial charge in [-0.1, -0.05) is 18.2 Å². The summed E-state index contributed by atoms with van der Waals surface area (Å²) >= 11 is 0. The Labute approximate surface area is 125 Å². The van der Waals surface area contributed by atoms with E-state index in [1.807, 2.05) is 0 Å². The van der Waals surface area contributed by atoms with Gasteiger partial charge < -0.3 is 10.0 Å². The largest absolute Gasteiger partial charge is 0.480 e. The summed E-state index contributed by atoms with van der Waals surface area (Å²) in [5.74, 6) is -2.68. The number of rotatable bonds is 4. The maximum atomic E-state index is 13.0. The van der Waals surface area contributed by atoms with Crippen molar-refractivity contribution in [3.05, 3.63) is 35.4 Å². The number of alkyl halides is 3. The first kappa shape index (κ1) is 16.3. The van der Waals surface area contributed by atoms with E-state index in [0.717, 1.165) is 11.0 Å². The van der Waals surface area contributed by atoms with Crippen LogP contribution in [-0.2, 0) is 15.8 Å². The average molecular weight is 315 g/mol. The molecule has 0 heterocycles. The summed E-state index contributed by atoms with van der Waals surface area (Å²) in [5.41, 5.74) is -0.631. The maximum absolute atomic E-state index is 13.0. The minimum absolute atomic E-state index is 0.102. The van der Waals surface area contributed by atoms with Gasteiger partial charge >= 0.3 is 12.1 Å². The average Bonchev–Trinajstić information content (AvgIpc) is 3.24. The molecule has 1 saturated carbocycles. The van der Waals surface area contributed by atoms with E-state index in [2.05, 4.69) is 0 Å². The standard InChI is InChI=1S/C15H16F3NO3/c1-8(14(21)22)19(2)13(20)11-7-10(11)9-5-3-4-6-12(9)15(16,17)18/h3-6,8,10-11H,7H2,1-2H3,(H,21,22)/t8-,10-,11+/m1/s1. The Morgan fingerprint density at radius 2 is 1.91 bits per heavy atom. The Kier molecular flexibility index (Phi) is 4.17. The SMILES string of the molecule is C[C@H](C(=O)O)N(C)C(=O)[C@H]1C[C@@H]1c1ccccc1C(F)(F)F. The second-order valence-corrected chi connectivity index (χ2v) is 5.50. The molecule has 0 saturated heterocycles. The number of carbonyl (C=O) groups is 2. The van der Waals surface area contributed by atoms with Gasteiger partial charge in [0.25, 0.3) is 0 Å². The molecule has 1 aromatic carbocycles. The summed E-state index contributed by atoms with van der Waals surface area (Å²) in [4.78, 5) is 24.1. The van der Waals surface area contributed by atoms with Gasteiger partial charge in [-0.05, 0) is 30.9 Å². The molecule has 0 aliphatic heterocycles. The Balaban J connectivity index is 2.17. The lowest BCUT2D eigenvalue weighted by molar-refractivity contribution is -0.148. The number of hydrogen-bond donors (Lipinski definition) is 1. The summed E-state index contributed by atoms with van der Waals surface area (Å²) in [6.45, 7) is 1.36. The van der Waals surface area contributed by atoms with E-state index in [0.29, 0.717) is 6.42 Å². The minimum atomic E-state index is -4.47. The lowest BCUT2D eigenvalue weighted by Crippen LogP contribution is -2.41. The Morgan fingerprint density at radius 1 is 1.32 bits per heavy atom. The third-order valence-corrected chi connectivity index (χ3v) is 4.06. The molecule has 1 N–H and O–H groups in total. The van der Waals surface area contributed by atoms with E-state index in [-0.39, 0.29) is 5.56 Å². The lowest BCUT2D eigenvalue weighted by Gasteiger charge is -2.21. The summed E-state index contributed by atoms with van der Waals surface area (Å²) in [7, 11) is 1.35.